The summed E-state index contributed by atoms with van der Waals surface area (Å²) in [5, 5.41) is 0. The van der Waals surface area contributed by atoms with Gasteiger partial charge >= 0.3 is 0 Å². The highest BCUT2D eigenvalue weighted by molar-refractivity contribution is 9.10. The summed E-state index contributed by atoms with van der Waals surface area (Å²) in [6, 6.07) is 12.0. The molecule has 0 aliphatic heterocycles. The monoisotopic (exact) mass is 386 g/mol. The maximum absolute atomic E-state index is 12.5. The zero-order valence-electron chi connectivity index (χ0n) is 11.3. The van der Waals surface area contributed by atoms with Gasteiger partial charge in [-0.3, -0.25) is 4.72 Å². The number of nitrogens with one attached hydrogen (secondary N) is 1. The van der Waals surface area contributed by atoms with Crippen LogP contribution in [0.2, 0.25) is 0 Å². The number of nitrogens with two attached hydrogens (primary N) is 1. The third-order valence-corrected chi connectivity index (χ3v) is 5.99. The highest BCUT2D eigenvalue weighted by Crippen LogP contribution is 2.31. The molecule has 7 heteroatoms. The van der Waals surface area contributed by atoms with Gasteiger partial charge in [0.1, 0.15) is 4.90 Å². The van der Waals surface area contributed by atoms with Gasteiger partial charge in [0.2, 0.25) is 0 Å². The second-order valence-electron chi connectivity index (χ2n) is 4.22. The van der Waals surface area contributed by atoms with Crippen molar-refractivity contribution in [2.75, 3.05) is 16.2 Å². The molecule has 0 radical (unpaired) electrons. The molecular weight excluding hydrogens is 372 g/mol. The number of anilines is 2. The van der Waals surface area contributed by atoms with Crippen LogP contribution in [0.25, 0.3) is 0 Å². The molecule has 3 N–H and O–H groups in total. The Morgan fingerprint density at radius 2 is 1.95 bits per heavy atom. The molecule has 0 heterocycles. The Hall–Kier alpha value is -1.18. The SMILES string of the molecule is CCSc1ccccc1NS(=O)(=O)c1cc(N)ccc1Br. The topological polar surface area (TPSA) is 72.2 Å². The van der Waals surface area contributed by atoms with Gasteiger partial charge in [-0.1, -0.05) is 19.1 Å². The van der Waals surface area contributed by atoms with Gasteiger partial charge in [0.25, 0.3) is 10.0 Å². The second kappa shape index (κ2) is 6.72. The van der Waals surface area contributed by atoms with Gasteiger partial charge in [0.15, 0.2) is 0 Å². The number of rotatable bonds is 5. The molecule has 0 spiro atoms. The summed E-state index contributed by atoms with van der Waals surface area (Å²) in [5.74, 6) is 0.862. The first-order valence-electron chi connectivity index (χ1n) is 6.23. The number of hydrogen-bond acceptors (Lipinski definition) is 4. The van der Waals surface area contributed by atoms with Crippen molar-refractivity contribution >= 4 is 49.1 Å². The average Bonchev–Trinajstić information content (AvgIpc) is 2.43. The lowest BCUT2D eigenvalue weighted by Gasteiger charge is -2.13. The highest BCUT2D eigenvalue weighted by atomic mass is 79.9. The molecule has 0 unspecified atom stereocenters. The lowest BCUT2D eigenvalue weighted by atomic mass is 10.3. The Morgan fingerprint density at radius 3 is 2.67 bits per heavy atom. The molecule has 0 aliphatic carbocycles. The quantitative estimate of drug-likeness (QED) is 0.602. The average molecular weight is 387 g/mol. The summed E-state index contributed by atoms with van der Waals surface area (Å²) >= 11 is 4.83. The van der Waals surface area contributed by atoms with Gasteiger partial charge in [0.05, 0.1) is 5.69 Å². The first kappa shape index (κ1) is 16.2. The molecule has 21 heavy (non-hydrogen) atoms. The first-order chi connectivity index (χ1) is 9.94. The minimum absolute atomic E-state index is 0.124. The van der Waals surface area contributed by atoms with E-state index in [0.717, 1.165) is 10.6 Å². The van der Waals surface area contributed by atoms with E-state index in [1.807, 2.05) is 19.1 Å². The van der Waals surface area contributed by atoms with Crippen LogP contribution in [-0.4, -0.2) is 14.2 Å². The number of sulfonamides is 1. The summed E-state index contributed by atoms with van der Waals surface area (Å²) in [5.41, 5.74) is 6.64. The number of thioether (sulfide) groups is 1. The van der Waals surface area contributed by atoms with E-state index in [0.29, 0.717) is 15.8 Å². The first-order valence-corrected chi connectivity index (χ1v) is 9.50. The second-order valence-corrected chi connectivity index (χ2v) is 8.04. The van der Waals surface area contributed by atoms with E-state index >= 15 is 0 Å². The molecule has 0 saturated heterocycles. The van der Waals surface area contributed by atoms with Crippen LogP contribution in [0.5, 0.6) is 0 Å². The van der Waals surface area contributed by atoms with Gasteiger partial charge in [-0.25, -0.2) is 8.42 Å². The van der Waals surface area contributed by atoms with E-state index in [1.54, 1.807) is 36.0 Å². The normalized spacial score (nSPS) is 11.3. The van der Waals surface area contributed by atoms with Gasteiger partial charge in [-0.15, -0.1) is 11.8 Å². The predicted octanol–water partition coefficient (Wildman–Crippen LogP) is 3.94. The van der Waals surface area contributed by atoms with Crippen molar-refractivity contribution in [3.05, 3.63) is 46.9 Å². The molecule has 2 rings (SSSR count). The number of para-hydroxylation sites is 1. The Kier molecular flexibility index (Phi) is 5.18. The van der Waals surface area contributed by atoms with Crippen molar-refractivity contribution < 1.29 is 8.42 Å². The van der Waals surface area contributed by atoms with Crippen LogP contribution in [-0.2, 0) is 10.0 Å². The van der Waals surface area contributed by atoms with Crippen LogP contribution < -0.4 is 10.5 Å². The van der Waals surface area contributed by atoms with E-state index in [2.05, 4.69) is 20.7 Å². The fourth-order valence-electron chi connectivity index (χ4n) is 1.76. The van der Waals surface area contributed by atoms with Gasteiger partial charge in [-0.05, 0) is 52.0 Å². The zero-order valence-corrected chi connectivity index (χ0v) is 14.6. The van der Waals surface area contributed by atoms with Gasteiger partial charge in [0, 0.05) is 15.1 Å². The third kappa shape index (κ3) is 3.93. The standard InChI is InChI=1S/C14H15BrN2O2S2/c1-2-20-13-6-4-3-5-12(13)17-21(18,19)14-9-10(16)7-8-11(14)15/h3-9,17H,2,16H2,1H3. The molecule has 0 aliphatic rings. The van der Waals surface area contributed by atoms with Crippen LogP contribution in [0.4, 0.5) is 11.4 Å². The van der Waals surface area contributed by atoms with Crippen LogP contribution in [0.3, 0.4) is 0 Å². The lowest BCUT2D eigenvalue weighted by molar-refractivity contribution is 0.600. The van der Waals surface area contributed by atoms with E-state index in [9.17, 15) is 8.42 Å². The summed E-state index contributed by atoms with van der Waals surface area (Å²) in [7, 11) is -3.70. The van der Waals surface area contributed by atoms with E-state index < -0.39 is 10.0 Å². The lowest BCUT2D eigenvalue weighted by Crippen LogP contribution is -2.14. The van der Waals surface area contributed by atoms with Crippen molar-refractivity contribution in [3.8, 4) is 0 Å². The van der Waals surface area contributed by atoms with Crippen LogP contribution in [0.15, 0.2) is 56.7 Å². The summed E-state index contributed by atoms with van der Waals surface area (Å²) in [4.78, 5) is 1.02. The van der Waals surface area contributed by atoms with Crippen molar-refractivity contribution in [1.82, 2.24) is 0 Å². The van der Waals surface area contributed by atoms with Crippen LogP contribution in [0, 0.1) is 0 Å². The molecule has 2 aromatic rings. The number of benzene rings is 2. The Morgan fingerprint density at radius 1 is 1.24 bits per heavy atom. The third-order valence-electron chi connectivity index (χ3n) is 2.68. The fraction of sp³-hybridized carbons (Fsp3) is 0.143. The van der Waals surface area contributed by atoms with E-state index in [4.69, 9.17) is 5.73 Å². The molecular formula is C14H15BrN2O2S2. The largest absolute Gasteiger partial charge is 0.399 e. The molecule has 2 aromatic carbocycles. The minimum atomic E-state index is -3.70. The Labute approximate surface area is 137 Å². The number of hydrogen-bond donors (Lipinski definition) is 2. The van der Waals surface area contributed by atoms with Gasteiger partial charge < -0.3 is 5.73 Å². The molecule has 0 atom stereocenters. The van der Waals surface area contributed by atoms with E-state index in [1.165, 1.54) is 6.07 Å². The summed E-state index contributed by atoms with van der Waals surface area (Å²) in [6.45, 7) is 2.02. The van der Waals surface area contributed by atoms with E-state index in [-0.39, 0.29) is 4.90 Å². The Balaban J connectivity index is 2.40. The molecule has 0 amide bonds. The summed E-state index contributed by atoms with van der Waals surface area (Å²) < 4.78 is 28.1. The molecule has 4 nitrogen and oxygen atoms in total. The molecule has 112 valence electrons. The maximum atomic E-state index is 12.5. The van der Waals surface area contributed by atoms with Crippen molar-refractivity contribution in [1.29, 1.82) is 0 Å². The van der Waals surface area contributed by atoms with Crippen molar-refractivity contribution in [2.45, 2.75) is 16.7 Å². The Bertz CT molecular complexity index is 748. The maximum Gasteiger partial charge on any atom is 0.263 e. The molecule has 0 fully saturated rings. The fourth-order valence-corrected chi connectivity index (χ4v) is 4.66. The number of halogens is 1. The predicted molar refractivity (Wildman–Crippen MR) is 92.2 cm³/mol. The van der Waals surface area contributed by atoms with Crippen LogP contribution >= 0.6 is 27.7 Å². The minimum Gasteiger partial charge on any atom is -0.399 e. The van der Waals surface area contributed by atoms with Crippen molar-refractivity contribution in [2.24, 2.45) is 0 Å². The van der Waals surface area contributed by atoms with Crippen LogP contribution in [0.1, 0.15) is 6.92 Å². The zero-order chi connectivity index (χ0) is 15.5. The molecule has 0 aromatic heterocycles. The van der Waals surface area contributed by atoms with Crippen molar-refractivity contribution in [3.63, 3.8) is 0 Å². The molecule has 0 saturated carbocycles. The smallest absolute Gasteiger partial charge is 0.263 e. The highest BCUT2D eigenvalue weighted by Gasteiger charge is 2.19. The number of nitrogen functional groups attached to an aromatic ring is 1. The summed E-state index contributed by atoms with van der Waals surface area (Å²) in [6.07, 6.45) is 0. The van der Waals surface area contributed by atoms with Gasteiger partial charge in [-0.2, -0.15) is 0 Å². The molecule has 0 bridgehead atoms.